The van der Waals surface area contributed by atoms with Crippen LogP contribution in [0.2, 0.25) is 0 Å². The molecule has 2 unspecified atom stereocenters. The number of carbonyl (C=O) groups excluding carboxylic acids is 1. The van der Waals surface area contributed by atoms with Gasteiger partial charge in [-0.05, 0) is 57.1 Å². The normalized spacial score (nSPS) is 21.1. The minimum atomic E-state index is -0.235. The molecule has 0 spiro atoms. The number of anilines is 1. The molecule has 0 aromatic carbocycles. The van der Waals surface area contributed by atoms with Crippen LogP contribution in [0.3, 0.4) is 0 Å². The van der Waals surface area contributed by atoms with Gasteiger partial charge in [-0.3, -0.25) is 19.1 Å². The maximum atomic E-state index is 13.3. The van der Waals surface area contributed by atoms with Crippen LogP contribution in [0.4, 0.5) is 5.82 Å². The van der Waals surface area contributed by atoms with E-state index in [4.69, 9.17) is 12.2 Å². The van der Waals surface area contributed by atoms with Gasteiger partial charge in [0.25, 0.3) is 11.5 Å². The number of unbranched alkanes of at least 4 members (excludes halogenated alkanes) is 1. The Bertz CT molecular complexity index is 1070. The predicted octanol–water partition coefficient (Wildman–Crippen LogP) is 5.06. The Balaban J connectivity index is 2.24. The third kappa shape index (κ3) is 5.04. The molecule has 3 rings (SSSR count). The van der Waals surface area contributed by atoms with Crippen molar-refractivity contribution in [2.45, 2.75) is 79.3 Å². The predicted molar refractivity (Wildman–Crippen MR) is 140 cm³/mol. The van der Waals surface area contributed by atoms with E-state index in [0.717, 1.165) is 56.6 Å². The van der Waals surface area contributed by atoms with Crippen LogP contribution in [-0.2, 0) is 11.3 Å². The van der Waals surface area contributed by atoms with Crippen molar-refractivity contribution < 1.29 is 4.79 Å². The number of piperidine rings is 1. The van der Waals surface area contributed by atoms with E-state index in [-0.39, 0.29) is 23.1 Å². The fourth-order valence-electron chi connectivity index (χ4n) is 4.56. The van der Waals surface area contributed by atoms with Crippen molar-refractivity contribution >= 4 is 46.1 Å². The molecule has 2 saturated heterocycles. The highest BCUT2D eigenvalue weighted by Crippen LogP contribution is 2.38. The summed E-state index contributed by atoms with van der Waals surface area (Å²) in [6, 6.07) is 2.16. The second-order valence-electron chi connectivity index (χ2n) is 9.16. The second kappa shape index (κ2) is 10.9. The number of nitrogens with zero attached hydrogens (tertiary/aromatic N) is 4. The third-order valence-electron chi connectivity index (χ3n) is 6.67. The van der Waals surface area contributed by atoms with E-state index in [0.29, 0.717) is 27.3 Å². The first-order chi connectivity index (χ1) is 15.7. The largest absolute Gasteiger partial charge is 0.357 e. The van der Waals surface area contributed by atoms with Gasteiger partial charge in [0.05, 0.1) is 4.91 Å². The number of aromatic nitrogens is 1. The first kappa shape index (κ1) is 25.5. The molecule has 0 aliphatic carbocycles. The van der Waals surface area contributed by atoms with E-state index in [1.54, 1.807) is 9.47 Å². The molecule has 1 aromatic rings. The lowest BCUT2D eigenvalue weighted by Gasteiger charge is -2.36. The van der Waals surface area contributed by atoms with E-state index in [1.807, 2.05) is 26.8 Å². The Morgan fingerprint density at radius 1 is 1.33 bits per heavy atom. The number of hydrogen-bond donors (Lipinski definition) is 0. The maximum absolute atomic E-state index is 13.3. The van der Waals surface area contributed by atoms with Crippen LogP contribution in [0, 0.1) is 24.2 Å². The number of thioether (sulfide) groups is 1. The SMILES string of the molecule is CCCCn1c(N2CCCC(C)C2)c(C=C2SC(=S)N(C(C)CC)C2=O)c(C)c(C#N)c1=O. The van der Waals surface area contributed by atoms with E-state index < -0.39 is 0 Å². The molecular weight excluding hydrogens is 452 g/mol. The van der Waals surface area contributed by atoms with Gasteiger partial charge in [-0.15, -0.1) is 0 Å². The van der Waals surface area contributed by atoms with E-state index >= 15 is 0 Å². The quantitative estimate of drug-likeness (QED) is 0.396. The first-order valence-electron chi connectivity index (χ1n) is 11.9. The smallest absolute Gasteiger partial charge is 0.270 e. The van der Waals surface area contributed by atoms with Crippen molar-refractivity contribution in [3.8, 4) is 6.07 Å². The Kier molecular flexibility index (Phi) is 8.41. The minimum Gasteiger partial charge on any atom is -0.357 e. The van der Waals surface area contributed by atoms with E-state index in [2.05, 4.69) is 24.8 Å². The Hall–Kier alpha value is -2.11. The highest BCUT2D eigenvalue weighted by Gasteiger charge is 2.35. The third-order valence-corrected chi connectivity index (χ3v) is 8.00. The van der Waals surface area contributed by atoms with E-state index in [9.17, 15) is 14.9 Å². The first-order valence-corrected chi connectivity index (χ1v) is 13.2. The molecule has 2 atom stereocenters. The van der Waals surface area contributed by atoms with Crippen LogP contribution < -0.4 is 10.5 Å². The molecule has 1 aromatic heterocycles. The average Bonchev–Trinajstić information content (AvgIpc) is 3.07. The average molecular weight is 487 g/mol. The Morgan fingerprint density at radius 3 is 2.67 bits per heavy atom. The Morgan fingerprint density at radius 2 is 2.06 bits per heavy atom. The fourth-order valence-corrected chi connectivity index (χ4v) is 6.01. The van der Waals surface area contributed by atoms with Gasteiger partial charge < -0.3 is 4.90 Å². The number of nitriles is 1. The second-order valence-corrected chi connectivity index (χ2v) is 10.8. The molecule has 33 heavy (non-hydrogen) atoms. The summed E-state index contributed by atoms with van der Waals surface area (Å²) in [4.78, 5) is 31.1. The Labute approximate surface area is 206 Å². The number of pyridine rings is 1. The standard InChI is InChI=1S/C25H34N4O2S2/c1-6-8-12-28-22(27-11-9-10-16(3)15-27)19(18(5)20(14-26)23(28)30)13-21-24(31)29(17(4)7-2)25(32)33-21/h13,16-17H,6-12,15H2,1-5H3. The van der Waals surface area contributed by atoms with Gasteiger partial charge in [-0.2, -0.15) is 5.26 Å². The lowest BCUT2D eigenvalue weighted by Crippen LogP contribution is -2.40. The summed E-state index contributed by atoms with van der Waals surface area (Å²) >= 11 is 6.83. The van der Waals surface area contributed by atoms with Crippen molar-refractivity contribution in [2.24, 2.45) is 5.92 Å². The summed E-state index contributed by atoms with van der Waals surface area (Å²) in [5.41, 5.74) is 1.35. The van der Waals surface area contributed by atoms with Crippen molar-refractivity contribution in [1.82, 2.24) is 9.47 Å². The van der Waals surface area contributed by atoms with Gasteiger partial charge in [0.2, 0.25) is 0 Å². The summed E-state index contributed by atoms with van der Waals surface area (Å²) < 4.78 is 2.33. The van der Waals surface area contributed by atoms with Gasteiger partial charge in [0.15, 0.2) is 0 Å². The highest BCUT2D eigenvalue weighted by molar-refractivity contribution is 8.26. The van der Waals surface area contributed by atoms with Crippen molar-refractivity contribution in [1.29, 1.82) is 5.26 Å². The van der Waals surface area contributed by atoms with Gasteiger partial charge in [0, 0.05) is 31.2 Å². The lowest BCUT2D eigenvalue weighted by atomic mass is 9.97. The summed E-state index contributed by atoms with van der Waals surface area (Å²) in [6.07, 6.45) is 6.69. The number of rotatable bonds is 7. The van der Waals surface area contributed by atoms with Crippen LogP contribution in [0.5, 0.6) is 0 Å². The van der Waals surface area contributed by atoms with Crippen LogP contribution >= 0.6 is 24.0 Å². The monoisotopic (exact) mass is 486 g/mol. The summed E-state index contributed by atoms with van der Waals surface area (Å²) in [7, 11) is 0. The van der Waals surface area contributed by atoms with Crippen LogP contribution in [0.15, 0.2) is 9.70 Å². The molecule has 178 valence electrons. The fraction of sp³-hybridized carbons (Fsp3) is 0.600. The van der Waals surface area contributed by atoms with Crippen molar-refractivity contribution in [3.63, 3.8) is 0 Å². The van der Waals surface area contributed by atoms with Gasteiger partial charge >= 0.3 is 0 Å². The molecule has 6 nitrogen and oxygen atoms in total. The van der Waals surface area contributed by atoms with Crippen LogP contribution in [0.1, 0.15) is 76.5 Å². The highest BCUT2D eigenvalue weighted by atomic mass is 32.2. The number of amides is 1. The van der Waals surface area contributed by atoms with Crippen LogP contribution in [-0.4, -0.2) is 38.8 Å². The zero-order valence-electron chi connectivity index (χ0n) is 20.3. The zero-order chi connectivity index (χ0) is 24.3. The maximum Gasteiger partial charge on any atom is 0.270 e. The number of thiocarbonyl (C=S) groups is 1. The minimum absolute atomic E-state index is 0.0279. The number of carbonyl (C=O) groups is 1. The molecular formula is C25H34N4O2S2. The molecule has 2 fully saturated rings. The topological polar surface area (TPSA) is 69.3 Å². The molecule has 8 heteroatoms. The van der Waals surface area contributed by atoms with Gasteiger partial charge in [0.1, 0.15) is 21.8 Å². The molecule has 0 radical (unpaired) electrons. The summed E-state index contributed by atoms with van der Waals surface area (Å²) in [5, 5.41) is 9.82. The molecule has 2 aliphatic rings. The molecule has 3 heterocycles. The van der Waals surface area contributed by atoms with Crippen molar-refractivity contribution in [2.75, 3.05) is 18.0 Å². The lowest BCUT2D eigenvalue weighted by molar-refractivity contribution is -0.123. The summed E-state index contributed by atoms with van der Waals surface area (Å²) in [6.45, 7) is 12.4. The number of hydrogen-bond acceptors (Lipinski definition) is 6. The van der Waals surface area contributed by atoms with Crippen LogP contribution in [0.25, 0.3) is 6.08 Å². The molecule has 0 saturated carbocycles. The molecule has 0 bridgehead atoms. The molecule has 0 N–H and O–H groups in total. The van der Waals surface area contributed by atoms with Gasteiger partial charge in [-0.1, -0.05) is 51.2 Å². The van der Waals surface area contributed by atoms with Crippen molar-refractivity contribution in [3.05, 3.63) is 31.9 Å². The molecule has 2 aliphatic heterocycles. The summed E-state index contributed by atoms with van der Waals surface area (Å²) in [5.74, 6) is 1.26. The zero-order valence-corrected chi connectivity index (χ0v) is 21.9. The van der Waals surface area contributed by atoms with E-state index in [1.165, 1.54) is 11.8 Å². The molecule has 1 amide bonds. The van der Waals surface area contributed by atoms with Gasteiger partial charge in [-0.25, -0.2) is 0 Å².